The summed E-state index contributed by atoms with van der Waals surface area (Å²) in [5, 5.41) is 19.8. The maximum absolute atomic E-state index is 11.1. The van der Waals surface area contributed by atoms with Gasteiger partial charge in [-0.2, -0.15) is 0 Å². The number of anilines is 1. The lowest BCUT2D eigenvalue weighted by atomic mass is 10.1. The number of nitro groups is 1. The van der Waals surface area contributed by atoms with E-state index in [1.54, 1.807) is 4.90 Å². The van der Waals surface area contributed by atoms with E-state index in [2.05, 4.69) is 5.92 Å². The number of rotatable bonds is 6. The van der Waals surface area contributed by atoms with Gasteiger partial charge in [-0.25, -0.2) is 4.79 Å². The fourth-order valence-corrected chi connectivity index (χ4v) is 1.73. The minimum Gasteiger partial charge on any atom is -0.477 e. The third kappa shape index (κ3) is 3.45. The van der Waals surface area contributed by atoms with Crippen molar-refractivity contribution in [2.75, 3.05) is 18.0 Å². The first-order chi connectivity index (χ1) is 9.01. The Hall–Kier alpha value is -2.55. The number of carboxylic acids is 1. The van der Waals surface area contributed by atoms with E-state index >= 15 is 0 Å². The van der Waals surface area contributed by atoms with Crippen LogP contribution in [0.2, 0.25) is 0 Å². The molecule has 0 heterocycles. The second kappa shape index (κ2) is 6.40. The van der Waals surface area contributed by atoms with E-state index in [4.69, 9.17) is 11.5 Å². The number of nitro benzene ring substituents is 1. The van der Waals surface area contributed by atoms with Crippen LogP contribution in [0, 0.1) is 22.5 Å². The highest BCUT2D eigenvalue weighted by Gasteiger charge is 2.21. The second-order valence-corrected chi connectivity index (χ2v) is 3.89. The molecule has 0 unspecified atom stereocenters. The smallest absolute Gasteiger partial charge is 0.342 e. The molecule has 0 aliphatic carbocycles. The molecule has 19 heavy (non-hydrogen) atoms. The van der Waals surface area contributed by atoms with Gasteiger partial charge in [-0.05, 0) is 18.6 Å². The van der Waals surface area contributed by atoms with Crippen molar-refractivity contribution in [3.8, 4) is 12.3 Å². The molecule has 1 N–H and O–H groups in total. The Morgan fingerprint density at radius 1 is 1.58 bits per heavy atom. The van der Waals surface area contributed by atoms with Crippen LogP contribution < -0.4 is 4.90 Å². The van der Waals surface area contributed by atoms with Gasteiger partial charge in [-0.3, -0.25) is 10.1 Å². The lowest BCUT2D eigenvalue weighted by molar-refractivity contribution is -0.385. The molecule has 0 amide bonds. The fraction of sp³-hybridized carbons (Fsp3) is 0.308. The van der Waals surface area contributed by atoms with Gasteiger partial charge in [0.2, 0.25) is 0 Å². The van der Waals surface area contributed by atoms with Crippen molar-refractivity contribution in [2.45, 2.75) is 13.3 Å². The van der Waals surface area contributed by atoms with Gasteiger partial charge in [-0.15, -0.1) is 6.42 Å². The first-order valence-corrected chi connectivity index (χ1v) is 5.71. The molecule has 0 fully saturated rings. The zero-order valence-electron chi connectivity index (χ0n) is 10.5. The van der Waals surface area contributed by atoms with Crippen molar-refractivity contribution in [1.82, 2.24) is 0 Å². The molecule has 0 spiro atoms. The van der Waals surface area contributed by atoms with Gasteiger partial charge in [0.25, 0.3) is 5.69 Å². The molecule has 0 atom stereocenters. The first kappa shape index (κ1) is 14.5. The summed E-state index contributed by atoms with van der Waals surface area (Å²) in [6, 6.07) is 3.99. The van der Waals surface area contributed by atoms with E-state index in [1.165, 1.54) is 18.2 Å². The highest BCUT2D eigenvalue weighted by Crippen LogP contribution is 2.25. The molecule has 0 aromatic heterocycles. The number of aromatic carboxylic acids is 1. The Balaban J connectivity index is 3.23. The van der Waals surface area contributed by atoms with E-state index in [1.807, 2.05) is 6.92 Å². The minimum absolute atomic E-state index is 0.324. The summed E-state index contributed by atoms with van der Waals surface area (Å²) in [5.74, 6) is 1.15. The number of terminal acetylenes is 1. The number of hydrogen-bond donors (Lipinski definition) is 1. The van der Waals surface area contributed by atoms with Crippen molar-refractivity contribution in [3.05, 3.63) is 33.9 Å². The standard InChI is InChI=1S/C13H14N2O4/c1-3-7-14(8-4-2)10-5-6-12(15(18)19)11(9-10)13(16)17/h1,5-6,9H,4,7-8H2,2H3,(H,16,17). The van der Waals surface area contributed by atoms with Gasteiger partial charge >= 0.3 is 5.97 Å². The summed E-state index contributed by atoms with van der Waals surface area (Å²) in [4.78, 5) is 22.9. The average molecular weight is 262 g/mol. The molecule has 0 bridgehead atoms. The highest BCUT2D eigenvalue weighted by molar-refractivity contribution is 5.93. The molecule has 6 heteroatoms. The summed E-state index contributed by atoms with van der Waals surface area (Å²) in [6.07, 6.45) is 6.09. The van der Waals surface area contributed by atoms with Gasteiger partial charge in [0.15, 0.2) is 0 Å². The molecule has 1 rings (SSSR count). The molecule has 0 radical (unpaired) electrons. The van der Waals surface area contributed by atoms with Crippen LogP contribution in [0.4, 0.5) is 11.4 Å². The SMILES string of the molecule is C#CCN(CCC)c1ccc([N+](=O)[O-])c(C(=O)O)c1. The van der Waals surface area contributed by atoms with Crippen LogP contribution in [0.3, 0.4) is 0 Å². The predicted molar refractivity (Wildman–Crippen MR) is 71.4 cm³/mol. The van der Waals surface area contributed by atoms with Crippen LogP contribution in [-0.2, 0) is 0 Å². The van der Waals surface area contributed by atoms with Crippen LogP contribution in [-0.4, -0.2) is 29.1 Å². The van der Waals surface area contributed by atoms with Crippen LogP contribution in [0.5, 0.6) is 0 Å². The predicted octanol–water partition coefficient (Wildman–Crippen LogP) is 2.14. The van der Waals surface area contributed by atoms with Crippen molar-refractivity contribution in [3.63, 3.8) is 0 Å². The lowest BCUT2D eigenvalue weighted by Gasteiger charge is -2.21. The first-order valence-electron chi connectivity index (χ1n) is 5.71. The summed E-state index contributed by atoms with van der Waals surface area (Å²) in [6.45, 7) is 2.94. The lowest BCUT2D eigenvalue weighted by Crippen LogP contribution is -2.24. The van der Waals surface area contributed by atoms with Gasteiger partial charge in [0, 0.05) is 18.3 Å². The summed E-state index contributed by atoms with van der Waals surface area (Å²) in [7, 11) is 0. The Morgan fingerprint density at radius 3 is 2.74 bits per heavy atom. The summed E-state index contributed by atoms with van der Waals surface area (Å²) in [5.41, 5.74) is -0.183. The van der Waals surface area contributed by atoms with Gasteiger partial charge < -0.3 is 10.0 Å². The molecule has 1 aromatic carbocycles. The summed E-state index contributed by atoms with van der Waals surface area (Å²) < 4.78 is 0. The monoisotopic (exact) mass is 262 g/mol. The molecule has 0 aliphatic heterocycles. The average Bonchev–Trinajstić information content (AvgIpc) is 2.37. The van der Waals surface area contributed by atoms with Crippen LogP contribution in [0.25, 0.3) is 0 Å². The Morgan fingerprint density at radius 2 is 2.26 bits per heavy atom. The number of carbonyl (C=O) groups is 1. The Kier molecular flexibility index (Phi) is 4.89. The molecule has 0 saturated carbocycles. The molecule has 0 saturated heterocycles. The van der Waals surface area contributed by atoms with Gasteiger partial charge in [0.1, 0.15) is 5.56 Å². The third-order valence-electron chi connectivity index (χ3n) is 2.55. The van der Waals surface area contributed by atoms with E-state index in [0.29, 0.717) is 18.8 Å². The van der Waals surface area contributed by atoms with Gasteiger partial charge in [-0.1, -0.05) is 12.8 Å². The van der Waals surface area contributed by atoms with Crippen molar-refractivity contribution in [2.24, 2.45) is 0 Å². The molecular weight excluding hydrogens is 248 g/mol. The molecule has 1 aromatic rings. The Bertz CT molecular complexity index is 534. The fourth-order valence-electron chi connectivity index (χ4n) is 1.73. The minimum atomic E-state index is -1.33. The van der Waals surface area contributed by atoms with Crippen molar-refractivity contribution < 1.29 is 14.8 Å². The maximum atomic E-state index is 11.1. The van der Waals surface area contributed by atoms with Crippen molar-refractivity contribution >= 4 is 17.3 Å². The van der Waals surface area contributed by atoms with E-state index < -0.39 is 16.6 Å². The highest BCUT2D eigenvalue weighted by atomic mass is 16.6. The number of carboxylic acid groups (broad SMARTS) is 1. The van der Waals surface area contributed by atoms with Crippen LogP contribution in [0.1, 0.15) is 23.7 Å². The maximum Gasteiger partial charge on any atom is 0.342 e. The summed E-state index contributed by atoms with van der Waals surface area (Å²) >= 11 is 0. The van der Waals surface area contributed by atoms with E-state index in [-0.39, 0.29) is 5.56 Å². The van der Waals surface area contributed by atoms with Crippen LogP contribution in [0.15, 0.2) is 18.2 Å². The quantitative estimate of drug-likeness (QED) is 0.482. The zero-order chi connectivity index (χ0) is 14.4. The second-order valence-electron chi connectivity index (χ2n) is 3.89. The zero-order valence-corrected chi connectivity index (χ0v) is 10.5. The van der Waals surface area contributed by atoms with E-state index in [9.17, 15) is 14.9 Å². The van der Waals surface area contributed by atoms with Crippen LogP contribution >= 0.6 is 0 Å². The largest absolute Gasteiger partial charge is 0.477 e. The number of nitrogens with zero attached hydrogens (tertiary/aromatic N) is 2. The number of benzene rings is 1. The molecule has 0 aliphatic rings. The Labute approximate surface area is 110 Å². The molecule has 6 nitrogen and oxygen atoms in total. The van der Waals surface area contributed by atoms with E-state index in [0.717, 1.165) is 6.42 Å². The molecular formula is C13H14N2O4. The topological polar surface area (TPSA) is 83.7 Å². The number of hydrogen-bond acceptors (Lipinski definition) is 4. The normalized spacial score (nSPS) is 9.68. The van der Waals surface area contributed by atoms with Crippen molar-refractivity contribution in [1.29, 1.82) is 0 Å². The molecule has 100 valence electrons. The van der Waals surface area contributed by atoms with Gasteiger partial charge in [0.05, 0.1) is 11.5 Å². The third-order valence-corrected chi connectivity index (χ3v) is 2.55.